The zero-order valence-electron chi connectivity index (χ0n) is 17.6. The molecule has 0 atom stereocenters. The molecule has 6 nitrogen and oxygen atoms in total. The van der Waals surface area contributed by atoms with Crippen LogP contribution in [0.3, 0.4) is 0 Å². The van der Waals surface area contributed by atoms with Crippen molar-refractivity contribution in [2.75, 3.05) is 20.2 Å². The maximum absolute atomic E-state index is 13.0. The number of fused-ring (bicyclic) bond motifs is 1. The van der Waals surface area contributed by atoms with E-state index in [1.54, 1.807) is 19.6 Å². The Kier molecular flexibility index (Phi) is 5.20. The number of imidazole rings is 1. The quantitative estimate of drug-likeness (QED) is 0.525. The van der Waals surface area contributed by atoms with Gasteiger partial charge in [0.05, 0.1) is 13.4 Å². The van der Waals surface area contributed by atoms with E-state index in [2.05, 4.69) is 28.3 Å². The van der Waals surface area contributed by atoms with Gasteiger partial charge in [0.25, 0.3) is 5.91 Å². The Morgan fingerprint density at radius 3 is 2.68 bits per heavy atom. The first kappa shape index (κ1) is 19.4. The SMILES string of the molecule is COc1ccc2[nH]cc(C3CCN(C(=O)c4ccc(Cn5ccnc5)cc4)CC3)c2c1. The lowest BCUT2D eigenvalue weighted by Gasteiger charge is -2.32. The van der Waals surface area contributed by atoms with Gasteiger partial charge in [-0.1, -0.05) is 12.1 Å². The normalized spacial score (nSPS) is 14.8. The topological polar surface area (TPSA) is 63.1 Å². The largest absolute Gasteiger partial charge is 0.497 e. The van der Waals surface area contributed by atoms with Crippen molar-refractivity contribution in [1.82, 2.24) is 19.4 Å². The van der Waals surface area contributed by atoms with Crippen molar-refractivity contribution in [2.24, 2.45) is 0 Å². The Morgan fingerprint density at radius 1 is 1.16 bits per heavy atom. The molecule has 0 aliphatic carbocycles. The minimum atomic E-state index is 0.119. The molecule has 1 aliphatic rings. The van der Waals surface area contributed by atoms with Gasteiger partial charge in [-0.2, -0.15) is 0 Å². The molecule has 0 unspecified atom stereocenters. The highest BCUT2D eigenvalue weighted by molar-refractivity contribution is 5.94. The van der Waals surface area contributed by atoms with E-state index >= 15 is 0 Å². The summed E-state index contributed by atoms with van der Waals surface area (Å²) < 4.78 is 7.41. The first-order valence-corrected chi connectivity index (χ1v) is 10.7. The van der Waals surface area contributed by atoms with E-state index in [1.807, 2.05) is 46.0 Å². The monoisotopic (exact) mass is 414 g/mol. The molecule has 1 N–H and O–H groups in total. The van der Waals surface area contributed by atoms with Crippen LogP contribution in [0.5, 0.6) is 5.75 Å². The summed E-state index contributed by atoms with van der Waals surface area (Å²) in [5.74, 6) is 1.44. The number of hydrogen-bond acceptors (Lipinski definition) is 3. The van der Waals surface area contributed by atoms with Crippen LogP contribution in [0, 0.1) is 0 Å². The number of benzene rings is 2. The van der Waals surface area contributed by atoms with Gasteiger partial charge in [-0.05, 0) is 60.2 Å². The average molecular weight is 415 g/mol. The number of rotatable bonds is 5. The summed E-state index contributed by atoms with van der Waals surface area (Å²) in [5, 5.41) is 1.22. The second-order valence-corrected chi connectivity index (χ2v) is 8.15. The van der Waals surface area contributed by atoms with Crippen LogP contribution < -0.4 is 4.74 Å². The summed E-state index contributed by atoms with van der Waals surface area (Å²) >= 11 is 0. The number of H-pyrrole nitrogens is 1. The number of piperidine rings is 1. The predicted octanol–water partition coefficient (Wildman–Crippen LogP) is 4.44. The maximum Gasteiger partial charge on any atom is 0.253 e. The summed E-state index contributed by atoms with van der Waals surface area (Å²) in [6.07, 6.45) is 9.56. The highest BCUT2D eigenvalue weighted by atomic mass is 16.5. The fourth-order valence-corrected chi connectivity index (χ4v) is 4.51. The summed E-state index contributed by atoms with van der Waals surface area (Å²) in [6, 6.07) is 14.1. The molecule has 5 rings (SSSR count). The van der Waals surface area contributed by atoms with Gasteiger partial charge in [0, 0.05) is 54.7 Å². The molecule has 1 saturated heterocycles. The average Bonchev–Trinajstić information content (AvgIpc) is 3.48. The lowest BCUT2D eigenvalue weighted by Crippen LogP contribution is -2.37. The minimum absolute atomic E-state index is 0.119. The van der Waals surface area contributed by atoms with Crippen LogP contribution in [0.2, 0.25) is 0 Å². The maximum atomic E-state index is 13.0. The first-order valence-electron chi connectivity index (χ1n) is 10.7. The molecule has 1 amide bonds. The molecule has 1 fully saturated rings. The minimum Gasteiger partial charge on any atom is -0.497 e. The van der Waals surface area contributed by atoms with Crippen LogP contribution in [-0.2, 0) is 6.54 Å². The van der Waals surface area contributed by atoms with Crippen molar-refractivity contribution in [3.63, 3.8) is 0 Å². The molecule has 0 saturated carbocycles. The van der Waals surface area contributed by atoms with Crippen LogP contribution in [-0.4, -0.2) is 45.5 Å². The number of hydrogen-bond donors (Lipinski definition) is 1. The summed E-state index contributed by atoms with van der Waals surface area (Å²) in [5.41, 5.74) is 4.36. The van der Waals surface area contributed by atoms with Crippen LogP contribution in [0.15, 0.2) is 67.4 Å². The molecule has 0 radical (unpaired) electrons. The molecule has 6 heteroatoms. The van der Waals surface area contributed by atoms with Crippen molar-refractivity contribution in [1.29, 1.82) is 0 Å². The first-order chi connectivity index (χ1) is 15.2. The third kappa shape index (κ3) is 3.93. The molecule has 31 heavy (non-hydrogen) atoms. The third-order valence-electron chi connectivity index (χ3n) is 6.27. The van der Waals surface area contributed by atoms with Crippen LogP contribution in [0.25, 0.3) is 10.9 Å². The van der Waals surface area contributed by atoms with E-state index in [-0.39, 0.29) is 5.91 Å². The number of likely N-dealkylation sites (tertiary alicyclic amines) is 1. The van der Waals surface area contributed by atoms with Crippen molar-refractivity contribution >= 4 is 16.8 Å². The van der Waals surface area contributed by atoms with Gasteiger partial charge in [-0.25, -0.2) is 4.98 Å². The summed E-state index contributed by atoms with van der Waals surface area (Å²) in [7, 11) is 1.70. The number of ether oxygens (including phenoxy) is 1. The molecule has 0 spiro atoms. The molecular weight excluding hydrogens is 388 g/mol. The van der Waals surface area contributed by atoms with Crippen LogP contribution in [0.4, 0.5) is 0 Å². The van der Waals surface area contributed by atoms with E-state index in [0.29, 0.717) is 5.92 Å². The van der Waals surface area contributed by atoms with Crippen molar-refractivity contribution in [3.05, 3.63) is 84.1 Å². The summed E-state index contributed by atoms with van der Waals surface area (Å²) in [6.45, 7) is 2.31. The van der Waals surface area contributed by atoms with Gasteiger partial charge in [0.15, 0.2) is 0 Å². The second kappa shape index (κ2) is 8.30. The molecule has 3 heterocycles. The number of aromatic amines is 1. The molecule has 0 bridgehead atoms. The molecule has 1 aliphatic heterocycles. The van der Waals surface area contributed by atoms with E-state index in [9.17, 15) is 4.79 Å². The Labute approximate surface area is 181 Å². The standard InChI is InChI=1S/C25H26N4O2/c1-31-21-6-7-24-22(14-21)23(15-27-24)19-8-11-29(12-9-19)25(30)20-4-2-18(3-5-20)16-28-13-10-26-17-28/h2-7,10,13-15,17,19,27H,8-9,11-12,16H2,1H3. The van der Waals surface area contributed by atoms with E-state index < -0.39 is 0 Å². The molecule has 158 valence electrons. The number of carbonyl (C=O) groups excluding carboxylic acids is 1. The number of aromatic nitrogens is 3. The number of amides is 1. The Balaban J connectivity index is 1.24. The number of nitrogens with one attached hydrogen (secondary N) is 1. The van der Waals surface area contributed by atoms with E-state index in [4.69, 9.17) is 4.74 Å². The smallest absolute Gasteiger partial charge is 0.253 e. The van der Waals surface area contributed by atoms with Gasteiger partial charge < -0.3 is 19.2 Å². The molecular formula is C25H26N4O2. The van der Waals surface area contributed by atoms with Gasteiger partial charge >= 0.3 is 0 Å². The van der Waals surface area contributed by atoms with E-state index in [0.717, 1.165) is 54.9 Å². The highest BCUT2D eigenvalue weighted by Gasteiger charge is 2.26. The molecule has 2 aromatic carbocycles. The fraction of sp³-hybridized carbons (Fsp3) is 0.280. The highest BCUT2D eigenvalue weighted by Crippen LogP contribution is 2.35. The van der Waals surface area contributed by atoms with Crippen LogP contribution >= 0.6 is 0 Å². The van der Waals surface area contributed by atoms with Gasteiger partial charge in [0.1, 0.15) is 5.75 Å². The molecule has 2 aromatic heterocycles. The number of nitrogens with zero attached hydrogens (tertiary/aromatic N) is 3. The van der Waals surface area contributed by atoms with Gasteiger partial charge in [-0.3, -0.25) is 4.79 Å². The Morgan fingerprint density at radius 2 is 1.97 bits per heavy atom. The second-order valence-electron chi connectivity index (χ2n) is 8.15. The lowest BCUT2D eigenvalue weighted by molar-refractivity contribution is 0.0713. The zero-order valence-corrected chi connectivity index (χ0v) is 17.6. The van der Waals surface area contributed by atoms with E-state index in [1.165, 1.54) is 10.9 Å². The van der Waals surface area contributed by atoms with Crippen molar-refractivity contribution < 1.29 is 9.53 Å². The van der Waals surface area contributed by atoms with Crippen molar-refractivity contribution in [2.45, 2.75) is 25.3 Å². The Hall–Kier alpha value is -3.54. The number of methoxy groups -OCH3 is 1. The lowest BCUT2D eigenvalue weighted by atomic mass is 9.89. The predicted molar refractivity (Wildman–Crippen MR) is 121 cm³/mol. The zero-order chi connectivity index (χ0) is 21.2. The molecule has 4 aromatic rings. The van der Waals surface area contributed by atoms with Crippen molar-refractivity contribution in [3.8, 4) is 5.75 Å². The number of carbonyl (C=O) groups is 1. The Bertz CT molecular complexity index is 1170. The third-order valence-corrected chi connectivity index (χ3v) is 6.27. The fourth-order valence-electron chi connectivity index (χ4n) is 4.51. The van der Waals surface area contributed by atoms with Gasteiger partial charge in [0.2, 0.25) is 0 Å². The summed E-state index contributed by atoms with van der Waals surface area (Å²) in [4.78, 5) is 22.4. The van der Waals surface area contributed by atoms with Gasteiger partial charge in [-0.15, -0.1) is 0 Å². The van der Waals surface area contributed by atoms with Crippen LogP contribution in [0.1, 0.15) is 40.2 Å².